The van der Waals surface area contributed by atoms with E-state index in [-0.39, 0.29) is 0 Å². The van der Waals surface area contributed by atoms with Gasteiger partial charge in [0.05, 0.1) is 0 Å². The van der Waals surface area contributed by atoms with Gasteiger partial charge in [-0.3, -0.25) is 0 Å². The molecule has 0 spiro atoms. The van der Waals surface area contributed by atoms with Gasteiger partial charge in [0.15, 0.2) is 0 Å². The third-order valence-corrected chi connectivity index (χ3v) is 3.46. The van der Waals surface area contributed by atoms with E-state index in [1.165, 1.54) is 11.1 Å². The second kappa shape index (κ2) is 8.04. The summed E-state index contributed by atoms with van der Waals surface area (Å²) in [6.45, 7) is 8.19. The van der Waals surface area contributed by atoms with E-state index in [1.54, 1.807) is 0 Å². The fourth-order valence-corrected chi connectivity index (χ4v) is 2.31. The summed E-state index contributed by atoms with van der Waals surface area (Å²) < 4.78 is 0. The van der Waals surface area contributed by atoms with Crippen molar-refractivity contribution in [3.63, 3.8) is 0 Å². The average Bonchev–Trinajstić information content (AvgIpc) is 2.46. The van der Waals surface area contributed by atoms with Gasteiger partial charge in [-0.15, -0.1) is 13.2 Å². The molecule has 0 N–H and O–H groups in total. The molecule has 0 unspecified atom stereocenters. The Bertz CT molecular complexity index is 440. The third kappa shape index (κ3) is 4.41. The lowest BCUT2D eigenvalue weighted by atomic mass is 9.89. The molecule has 0 nitrogen and oxygen atoms in total. The Morgan fingerprint density at radius 1 is 0.789 bits per heavy atom. The van der Waals surface area contributed by atoms with Crippen molar-refractivity contribution in [3.8, 4) is 0 Å². The van der Waals surface area contributed by atoms with Crippen LogP contribution in [0.2, 0.25) is 10.0 Å². The van der Waals surface area contributed by atoms with Crippen LogP contribution in [0.25, 0.3) is 0 Å². The molecule has 0 saturated carbocycles. The molecule has 0 atom stereocenters. The van der Waals surface area contributed by atoms with E-state index in [0.717, 1.165) is 16.5 Å². The van der Waals surface area contributed by atoms with Crippen molar-refractivity contribution in [3.05, 3.63) is 82.9 Å². The molecule has 0 saturated heterocycles. The number of rotatable bonds is 3. The SMILES string of the molecule is C=C.CCC(c1ccc(Cl)cc1)c1ccc(Cl)cc1. The van der Waals surface area contributed by atoms with Crippen LogP contribution in [0.3, 0.4) is 0 Å². The molecule has 0 aliphatic rings. The zero-order valence-corrected chi connectivity index (χ0v) is 12.6. The maximum atomic E-state index is 5.91. The summed E-state index contributed by atoms with van der Waals surface area (Å²) in [4.78, 5) is 0. The van der Waals surface area contributed by atoms with Gasteiger partial charge in [0, 0.05) is 16.0 Å². The van der Waals surface area contributed by atoms with Crippen molar-refractivity contribution >= 4 is 23.2 Å². The standard InChI is InChI=1S/C15H14Cl2.C2H4/c1-2-15(11-3-7-13(16)8-4-11)12-5-9-14(17)10-6-12;1-2/h3-10,15H,2H2,1H3;1-2H2. The number of hydrogen-bond donors (Lipinski definition) is 0. The zero-order chi connectivity index (χ0) is 14.3. The Kier molecular flexibility index (Phi) is 6.69. The monoisotopic (exact) mass is 292 g/mol. The molecule has 0 aliphatic heterocycles. The van der Waals surface area contributed by atoms with Crippen molar-refractivity contribution in [2.45, 2.75) is 19.3 Å². The van der Waals surface area contributed by atoms with Gasteiger partial charge < -0.3 is 0 Å². The zero-order valence-electron chi connectivity index (χ0n) is 11.1. The smallest absolute Gasteiger partial charge is 0.0406 e. The number of hydrogen-bond acceptors (Lipinski definition) is 0. The van der Waals surface area contributed by atoms with Crippen LogP contribution in [-0.4, -0.2) is 0 Å². The van der Waals surface area contributed by atoms with E-state index in [0.29, 0.717) is 5.92 Å². The highest BCUT2D eigenvalue weighted by Gasteiger charge is 2.11. The molecule has 2 aromatic rings. The lowest BCUT2D eigenvalue weighted by molar-refractivity contribution is 0.777. The highest BCUT2D eigenvalue weighted by atomic mass is 35.5. The van der Waals surface area contributed by atoms with Crippen molar-refractivity contribution in [2.75, 3.05) is 0 Å². The van der Waals surface area contributed by atoms with Gasteiger partial charge in [-0.2, -0.15) is 0 Å². The number of halogens is 2. The summed E-state index contributed by atoms with van der Waals surface area (Å²) in [5.41, 5.74) is 2.58. The Hall–Kier alpha value is -1.24. The van der Waals surface area contributed by atoms with Gasteiger partial charge in [-0.05, 0) is 41.8 Å². The van der Waals surface area contributed by atoms with Gasteiger partial charge in [0.2, 0.25) is 0 Å². The molecule has 0 fully saturated rings. The van der Waals surface area contributed by atoms with Gasteiger partial charge in [-0.1, -0.05) is 54.4 Å². The quantitative estimate of drug-likeness (QED) is 0.579. The van der Waals surface area contributed by atoms with Crippen molar-refractivity contribution in [1.82, 2.24) is 0 Å². The van der Waals surface area contributed by atoms with Crippen LogP contribution in [0.5, 0.6) is 0 Å². The maximum absolute atomic E-state index is 5.91. The molecule has 0 bridgehead atoms. The minimum atomic E-state index is 0.407. The Labute approximate surface area is 125 Å². The summed E-state index contributed by atoms with van der Waals surface area (Å²) in [5.74, 6) is 0.407. The Morgan fingerprint density at radius 2 is 1.11 bits per heavy atom. The summed E-state index contributed by atoms with van der Waals surface area (Å²) in [5, 5.41) is 1.56. The van der Waals surface area contributed by atoms with E-state index in [1.807, 2.05) is 24.3 Å². The van der Waals surface area contributed by atoms with Crippen molar-refractivity contribution in [1.29, 1.82) is 0 Å². The van der Waals surface area contributed by atoms with E-state index >= 15 is 0 Å². The first-order valence-corrected chi connectivity index (χ1v) is 6.97. The lowest BCUT2D eigenvalue weighted by Crippen LogP contribution is -1.99. The highest BCUT2D eigenvalue weighted by Crippen LogP contribution is 2.29. The van der Waals surface area contributed by atoms with Gasteiger partial charge in [0.25, 0.3) is 0 Å². The lowest BCUT2D eigenvalue weighted by Gasteiger charge is -2.16. The molecule has 0 aromatic heterocycles. The largest absolute Gasteiger partial charge is 0.106 e. The topological polar surface area (TPSA) is 0 Å². The normalized spacial score (nSPS) is 9.89. The van der Waals surface area contributed by atoms with Crippen LogP contribution < -0.4 is 0 Å². The molecule has 0 amide bonds. The molecule has 0 aliphatic carbocycles. The molecule has 100 valence electrons. The first kappa shape index (κ1) is 15.8. The summed E-state index contributed by atoms with van der Waals surface area (Å²) in [6, 6.07) is 16.1. The van der Waals surface area contributed by atoms with E-state index in [9.17, 15) is 0 Å². The second-order valence-corrected chi connectivity index (χ2v) is 4.94. The maximum Gasteiger partial charge on any atom is 0.0406 e. The van der Waals surface area contributed by atoms with Gasteiger partial charge in [0.1, 0.15) is 0 Å². The predicted molar refractivity (Wildman–Crippen MR) is 86.3 cm³/mol. The van der Waals surface area contributed by atoms with Gasteiger partial charge >= 0.3 is 0 Å². The molecule has 2 rings (SSSR count). The van der Waals surface area contributed by atoms with E-state index < -0.39 is 0 Å². The van der Waals surface area contributed by atoms with Crippen LogP contribution in [0.4, 0.5) is 0 Å². The molecule has 2 heteroatoms. The molecular formula is C17H18Cl2. The molecular weight excluding hydrogens is 275 g/mol. The van der Waals surface area contributed by atoms with Crippen LogP contribution in [0.15, 0.2) is 61.7 Å². The fourth-order valence-electron chi connectivity index (χ4n) is 2.05. The first-order chi connectivity index (χ1) is 9.20. The Balaban J connectivity index is 0.000000861. The van der Waals surface area contributed by atoms with E-state index in [4.69, 9.17) is 23.2 Å². The van der Waals surface area contributed by atoms with Crippen LogP contribution in [0.1, 0.15) is 30.4 Å². The minimum Gasteiger partial charge on any atom is -0.106 e. The van der Waals surface area contributed by atoms with Crippen molar-refractivity contribution < 1.29 is 0 Å². The second-order valence-electron chi connectivity index (χ2n) is 4.06. The molecule has 0 heterocycles. The minimum absolute atomic E-state index is 0.407. The number of benzene rings is 2. The van der Waals surface area contributed by atoms with Crippen LogP contribution in [0, 0.1) is 0 Å². The highest BCUT2D eigenvalue weighted by molar-refractivity contribution is 6.30. The van der Waals surface area contributed by atoms with Gasteiger partial charge in [-0.25, -0.2) is 0 Å². The van der Waals surface area contributed by atoms with Crippen LogP contribution in [-0.2, 0) is 0 Å². The molecule has 0 radical (unpaired) electrons. The van der Waals surface area contributed by atoms with E-state index in [2.05, 4.69) is 44.3 Å². The third-order valence-electron chi connectivity index (χ3n) is 2.95. The van der Waals surface area contributed by atoms with Crippen molar-refractivity contribution in [2.24, 2.45) is 0 Å². The fraction of sp³-hybridized carbons (Fsp3) is 0.176. The summed E-state index contributed by atoms with van der Waals surface area (Å²) >= 11 is 11.8. The summed E-state index contributed by atoms with van der Waals surface area (Å²) in [7, 11) is 0. The first-order valence-electron chi connectivity index (χ1n) is 6.21. The average molecular weight is 293 g/mol. The summed E-state index contributed by atoms with van der Waals surface area (Å²) in [6.07, 6.45) is 1.06. The Morgan fingerprint density at radius 3 is 1.37 bits per heavy atom. The molecule has 2 aromatic carbocycles. The van der Waals surface area contributed by atoms with Crippen LogP contribution >= 0.6 is 23.2 Å². The molecule has 19 heavy (non-hydrogen) atoms. The predicted octanol–water partition coefficient (Wildman–Crippen LogP) is 6.34.